The lowest BCUT2D eigenvalue weighted by molar-refractivity contribution is 0.205. The quantitative estimate of drug-likeness (QED) is 0.393. The van der Waals surface area contributed by atoms with Gasteiger partial charge in [-0.15, -0.1) is 0 Å². The summed E-state index contributed by atoms with van der Waals surface area (Å²) in [6.45, 7) is 6.65. The van der Waals surface area contributed by atoms with Crippen LogP contribution in [0.5, 0.6) is 0 Å². The van der Waals surface area contributed by atoms with Crippen molar-refractivity contribution in [3.63, 3.8) is 0 Å². The summed E-state index contributed by atoms with van der Waals surface area (Å²) >= 11 is 0. The van der Waals surface area contributed by atoms with E-state index in [9.17, 15) is 4.39 Å². The zero-order chi connectivity index (χ0) is 22.9. The molecule has 0 aliphatic carbocycles. The molecule has 2 atom stereocenters. The van der Waals surface area contributed by atoms with E-state index in [-0.39, 0.29) is 11.8 Å². The first-order valence-electron chi connectivity index (χ1n) is 10.7. The molecule has 4 rings (SSSR count). The molecule has 2 aromatic carbocycles. The second kappa shape index (κ2) is 8.65. The van der Waals surface area contributed by atoms with Crippen LogP contribution in [0.4, 0.5) is 8.78 Å². The largest absolute Gasteiger partial charge is 0.268 e. The Morgan fingerprint density at radius 1 is 0.969 bits per heavy atom. The average molecular weight is 436 g/mol. The molecule has 0 amide bonds. The summed E-state index contributed by atoms with van der Waals surface area (Å²) in [7, 11) is 1.91. The predicted molar refractivity (Wildman–Crippen MR) is 120 cm³/mol. The standard InChI is InChI=1S/C25H27F2N5/c1-17(2)25(14-32-16-28-15-30-32,22-10-9-21(26)13-23(22)27)18(3)19-5-7-20(8-6-19)24-11-12-29-31(24)4/h5-13,15-18H,14H2,1-4H3. The molecule has 0 bridgehead atoms. The van der Waals surface area contributed by atoms with Gasteiger partial charge in [0.2, 0.25) is 0 Å². The smallest absolute Gasteiger partial charge is 0.137 e. The Hall–Kier alpha value is -3.35. The number of halogens is 2. The van der Waals surface area contributed by atoms with Crippen molar-refractivity contribution in [3.8, 4) is 11.3 Å². The monoisotopic (exact) mass is 435 g/mol. The van der Waals surface area contributed by atoms with E-state index in [0.29, 0.717) is 12.1 Å². The molecule has 0 saturated carbocycles. The lowest BCUT2D eigenvalue weighted by atomic mass is 9.61. The zero-order valence-electron chi connectivity index (χ0n) is 18.7. The van der Waals surface area contributed by atoms with E-state index >= 15 is 4.39 Å². The molecule has 0 aliphatic rings. The molecule has 5 nitrogen and oxygen atoms in total. The first kappa shape index (κ1) is 21.9. The van der Waals surface area contributed by atoms with Gasteiger partial charge < -0.3 is 0 Å². The van der Waals surface area contributed by atoms with Gasteiger partial charge in [-0.3, -0.25) is 9.36 Å². The third-order valence-electron chi connectivity index (χ3n) is 6.65. The van der Waals surface area contributed by atoms with E-state index in [1.54, 1.807) is 23.3 Å². The Labute approximate surface area is 186 Å². The van der Waals surface area contributed by atoms with Gasteiger partial charge in [0.05, 0.1) is 12.2 Å². The lowest BCUT2D eigenvalue weighted by Gasteiger charge is -2.43. The first-order chi connectivity index (χ1) is 15.3. The molecule has 0 saturated heterocycles. The number of hydrogen-bond donors (Lipinski definition) is 0. The molecule has 0 fully saturated rings. The molecule has 2 unspecified atom stereocenters. The van der Waals surface area contributed by atoms with Crippen LogP contribution >= 0.6 is 0 Å². The summed E-state index contributed by atoms with van der Waals surface area (Å²) in [4.78, 5) is 4.07. The van der Waals surface area contributed by atoms with E-state index in [4.69, 9.17) is 0 Å². The normalized spacial score (nSPS) is 14.5. The Morgan fingerprint density at radius 3 is 2.28 bits per heavy atom. The van der Waals surface area contributed by atoms with Crippen molar-refractivity contribution in [1.29, 1.82) is 0 Å². The van der Waals surface area contributed by atoms with Crippen LogP contribution in [0.1, 0.15) is 37.8 Å². The van der Waals surface area contributed by atoms with Crippen molar-refractivity contribution in [2.45, 2.75) is 38.6 Å². The molecular formula is C25H27F2N5. The molecule has 0 radical (unpaired) electrons. The number of hydrogen-bond acceptors (Lipinski definition) is 3. The fourth-order valence-electron chi connectivity index (χ4n) is 4.80. The van der Waals surface area contributed by atoms with Crippen LogP contribution in [0.2, 0.25) is 0 Å². The highest BCUT2D eigenvalue weighted by Crippen LogP contribution is 2.47. The second-order valence-electron chi connectivity index (χ2n) is 8.60. The van der Waals surface area contributed by atoms with E-state index in [1.807, 2.05) is 17.8 Å². The summed E-state index contributed by atoms with van der Waals surface area (Å²) in [6.07, 6.45) is 4.88. The number of aryl methyl sites for hydroxylation is 1. The highest BCUT2D eigenvalue weighted by molar-refractivity contribution is 5.59. The minimum Gasteiger partial charge on any atom is -0.268 e. The van der Waals surface area contributed by atoms with Gasteiger partial charge in [-0.05, 0) is 40.7 Å². The van der Waals surface area contributed by atoms with Crippen LogP contribution in [-0.4, -0.2) is 24.5 Å². The van der Waals surface area contributed by atoms with Gasteiger partial charge in [0.15, 0.2) is 0 Å². The van der Waals surface area contributed by atoms with E-state index in [2.05, 4.69) is 60.2 Å². The minimum absolute atomic E-state index is 0.0263. The maximum absolute atomic E-state index is 15.2. The number of benzene rings is 2. The fourth-order valence-corrected chi connectivity index (χ4v) is 4.80. The summed E-state index contributed by atoms with van der Waals surface area (Å²) in [5.41, 5.74) is 2.94. The van der Waals surface area contributed by atoms with Crippen LogP contribution in [0.25, 0.3) is 11.3 Å². The lowest BCUT2D eigenvalue weighted by Crippen LogP contribution is -2.43. The number of nitrogens with zero attached hydrogens (tertiary/aromatic N) is 5. The highest BCUT2D eigenvalue weighted by Gasteiger charge is 2.44. The van der Waals surface area contributed by atoms with Gasteiger partial charge in [0, 0.05) is 24.7 Å². The summed E-state index contributed by atoms with van der Waals surface area (Å²) < 4.78 is 32.5. The van der Waals surface area contributed by atoms with Crippen molar-refractivity contribution in [1.82, 2.24) is 24.5 Å². The maximum Gasteiger partial charge on any atom is 0.137 e. The molecule has 0 N–H and O–H groups in total. The Kier molecular flexibility index (Phi) is 5.91. The molecule has 4 aromatic rings. The third-order valence-corrected chi connectivity index (χ3v) is 6.65. The molecule has 2 aromatic heterocycles. The summed E-state index contributed by atoms with van der Waals surface area (Å²) in [6, 6.07) is 14.1. The van der Waals surface area contributed by atoms with Gasteiger partial charge in [0.1, 0.15) is 24.3 Å². The van der Waals surface area contributed by atoms with Crippen LogP contribution in [0.3, 0.4) is 0 Å². The maximum atomic E-state index is 15.2. The highest BCUT2D eigenvalue weighted by atomic mass is 19.1. The number of rotatable bonds is 7. The van der Waals surface area contributed by atoms with Gasteiger partial charge >= 0.3 is 0 Å². The van der Waals surface area contributed by atoms with E-state index in [1.165, 1.54) is 12.4 Å². The van der Waals surface area contributed by atoms with Crippen molar-refractivity contribution in [3.05, 3.63) is 90.1 Å². The molecule has 0 spiro atoms. The molecular weight excluding hydrogens is 408 g/mol. The van der Waals surface area contributed by atoms with Crippen LogP contribution in [-0.2, 0) is 19.0 Å². The Morgan fingerprint density at radius 2 is 1.72 bits per heavy atom. The van der Waals surface area contributed by atoms with Crippen molar-refractivity contribution in [2.75, 3.05) is 0 Å². The Balaban J connectivity index is 1.82. The van der Waals surface area contributed by atoms with Crippen LogP contribution in [0, 0.1) is 17.6 Å². The Bertz CT molecular complexity index is 1180. The van der Waals surface area contributed by atoms with Gasteiger partial charge in [-0.1, -0.05) is 51.1 Å². The van der Waals surface area contributed by atoms with Crippen LogP contribution in [0.15, 0.2) is 67.4 Å². The first-order valence-corrected chi connectivity index (χ1v) is 10.7. The predicted octanol–water partition coefficient (Wildman–Crippen LogP) is 5.35. The van der Waals surface area contributed by atoms with E-state index in [0.717, 1.165) is 22.9 Å². The molecule has 166 valence electrons. The second-order valence-corrected chi connectivity index (χ2v) is 8.60. The van der Waals surface area contributed by atoms with Gasteiger partial charge in [-0.25, -0.2) is 13.8 Å². The average Bonchev–Trinajstić information content (AvgIpc) is 3.43. The van der Waals surface area contributed by atoms with Crippen molar-refractivity contribution >= 4 is 0 Å². The fraction of sp³-hybridized carbons (Fsp3) is 0.320. The van der Waals surface area contributed by atoms with Crippen molar-refractivity contribution in [2.24, 2.45) is 13.0 Å². The topological polar surface area (TPSA) is 48.5 Å². The zero-order valence-corrected chi connectivity index (χ0v) is 18.7. The summed E-state index contributed by atoms with van der Waals surface area (Å²) in [5, 5.41) is 8.53. The number of aromatic nitrogens is 5. The summed E-state index contributed by atoms with van der Waals surface area (Å²) in [5.74, 6) is -1.19. The van der Waals surface area contributed by atoms with Gasteiger partial charge in [0.25, 0.3) is 0 Å². The van der Waals surface area contributed by atoms with Crippen LogP contribution < -0.4 is 0 Å². The molecule has 2 heterocycles. The SMILES string of the molecule is CC(C)C(Cn1cncn1)(c1ccc(F)cc1F)C(C)c1ccc(-c2ccnn2C)cc1. The van der Waals surface area contributed by atoms with Crippen molar-refractivity contribution < 1.29 is 8.78 Å². The molecule has 32 heavy (non-hydrogen) atoms. The minimum atomic E-state index is -0.681. The van der Waals surface area contributed by atoms with Gasteiger partial charge in [-0.2, -0.15) is 10.2 Å². The molecule has 7 heteroatoms. The molecule has 0 aliphatic heterocycles. The third kappa shape index (κ3) is 3.83. The van der Waals surface area contributed by atoms with E-state index < -0.39 is 17.0 Å².